The third-order valence-electron chi connectivity index (χ3n) is 3.09. The second-order valence-corrected chi connectivity index (χ2v) is 4.63. The average molecular weight is 295 g/mol. The van der Waals surface area contributed by atoms with Gasteiger partial charge >= 0.3 is 5.97 Å². The van der Waals surface area contributed by atoms with Gasteiger partial charge in [-0.2, -0.15) is 5.26 Å². The van der Waals surface area contributed by atoms with Crippen LogP contribution in [-0.4, -0.2) is 19.2 Å². The molecule has 0 aliphatic rings. The van der Waals surface area contributed by atoms with Gasteiger partial charge in [0, 0.05) is 6.61 Å². The zero-order valence-corrected chi connectivity index (χ0v) is 12.4. The number of nitriles is 1. The number of carbonyl (C=O) groups is 1. The highest BCUT2D eigenvalue weighted by atomic mass is 16.5. The smallest absolute Gasteiger partial charge is 0.313 e. The summed E-state index contributed by atoms with van der Waals surface area (Å²) in [5.74, 6) is 0.207. The van der Waals surface area contributed by atoms with E-state index >= 15 is 0 Å². The van der Waals surface area contributed by atoms with Gasteiger partial charge < -0.3 is 9.47 Å². The maximum Gasteiger partial charge on any atom is 0.313 e. The highest BCUT2D eigenvalue weighted by Crippen LogP contribution is 2.23. The van der Waals surface area contributed by atoms with Crippen molar-refractivity contribution in [3.63, 3.8) is 0 Å². The molecule has 0 aromatic heterocycles. The van der Waals surface area contributed by atoms with Gasteiger partial charge in [0.1, 0.15) is 5.75 Å². The standard InChI is InChI=1S/C18H17NO3/c1-2-21-12-11-18(20)22-17-9-7-16(8-10-17)15-5-3-14(13-19)4-6-15/h3-10H,2,11-12H2,1H3. The summed E-state index contributed by atoms with van der Waals surface area (Å²) in [6.07, 6.45) is 0.241. The lowest BCUT2D eigenvalue weighted by Gasteiger charge is -2.06. The van der Waals surface area contributed by atoms with Gasteiger partial charge in [-0.3, -0.25) is 4.79 Å². The maximum atomic E-state index is 11.6. The molecule has 0 atom stereocenters. The van der Waals surface area contributed by atoms with E-state index in [1.807, 2.05) is 31.2 Å². The molecule has 2 rings (SSSR count). The first kappa shape index (κ1) is 15.7. The first-order chi connectivity index (χ1) is 10.7. The predicted octanol–water partition coefficient (Wildman–Crippen LogP) is 3.56. The van der Waals surface area contributed by atoms with E-state index in [1.165, 1.54) is 0 Å². The van der Waals surface area contributed by atoms with Gasteiger partial charge in [-0.1, -0.05) is 24.3 Å². The number of rotatable bonds is 6. The van der Waals surface area contributed by atoms with Crippen molar-refractivity contribution in [1.29, 1.82) is 5.26 Å². The molecule has 0 unspecified atom stereocenters. The van der Waals surface area contributed by atoms with Crippen LogP contribution in [0.5, 0.6) is 5.75 Å². The molecule has 4 heteroatoms. The van der Waals surface area contributed by atoms with E-state index in [0.29, 0.717) is 24.5 Å². The molecule has 0 N–H and O–H groups in total. The highest BCUT2D eigenvalue weighted by Gasteiger charge is 2.05. The Morgan fingerprint density at radius 1 is 1.05 bits per heavy atom. The van der Waals surface area contributed by atoms with E-state index < -0.39 is 0 Å². The predicted molar refractivity (Wildman–Crippen MR) is 83.3 cm³/mol. The van der Waals surface area contributed by atoms with Crippen molar-refractivity contribution in [3.05, 3.63) is 54.1 Å². The fourth-order valence-electron chi connectivity index (χ4n) is 1.93. The summed E-state index contributed by atoms with van der Waals surface area (Å²) in [6, 6.07) is 16.7. The molecule has 0 fully saturated rings. The van der Waals surface area contributed by atoms with Crippen LogP contribution in [0.2, 0.25) is 0 Å². The Hall–Kier alpha value is -2.64. The summed E-state index contributed by atoms with van der Waals surface area (Å²) in [6.45, 7) is 2.85. The molecule has 0 amide bonds. The monoisotopic (exact) mass is 295 g/mol. The van der Waals surface area contributed by atoms with E-state index in [-0.39, 0.29) is 12.4 Å². The van der Waals surface area contributed by atoms with Crippen molar-refractivity contribution in [2.45, 2.75) is 13.3 Å². The Kier molecular flexibility index (Phi) is 5.70. The van der Waals surface area contributed by atoms with E-state index in [4.69, 9.17) is 14.7 Å². The van der Waals surface area contributed by atoms with Crippen LogP contribution in [0.25, 0.3) is 11.1 Å². The van der Waals surface area contributed by atoms with Crippen LogP contribution >= 0.6 is 0 Å². The summed E-state index contributed by atoms with van der Waals surface area (Å²) < 4.78 is 10.3. The Labute approximate surface area is 129 Å². The third-order valence-corrected chi connectivity index (χ3v) is 3.09. The molecule has 0 heterocycles. The lowest BCUT2D eigenvalue weighted by Crippen LogP contribution is -2.11. The van der Waals surface area contributed by atoms with Crippen molar-refractivity contribution in [2.24, 2.45) is 0 Å². The van der Waals surface area contributed by atoms with Gasteiger partial charge in [-0.25, -0.2) is 0 Å². The van der Waals surface area contributed by atoms with Crippen LogP contribution < -0.4 is 4.74 Å². The molecular formula is C18H17NO3. The van der Waals surface area contributed by atoms with Crippen LogP contribution in [-0.2, 0) is 9.53 Å². The first-order valence-electron chi connectivity index (χ1n) is 7.12. The van der Waals surface area contributed by atoms with Gasteiger partial charge in [-0.05, 0) is 42.3 Å². The Morgan fingerprint density at radius 2 is 1.64 bits per heavy atom. The summed E-state index contributed by atoms with van der Waals surface area (Å²) in [4.78, 5) is 11.6. The van der Waals surface area contributed by atoms with Crippen molar-refractivity contribution < 1.29 is 14.3 Å². The Morgan fingerprint density at radius 3 is 2.18 bits per heavy atom. The van der Waals surface area contributed by atoms with Crippen molar-refractivity contribution >= 4 is 5.97 Å². The molecule has 112 valence electrons. The fourth-order valence-corrected chi connectivity index (χ4v) is 1.93. The summed E-state index contributed by atoms with van der Waals surface area (Å²) in [5.41, 5.74) is 2.63. The molecule has 0 saturated carbocycles. The van der Waals surface area contributed by atoms with Gasteiger partial charge in [0.05, 0.1) is 24.7 Å². The van der Waals surface area contributed by atoms with Crippen LogP contribution in [0.1, 0.15) is 18.9 Å². The molecular weight excluding hydrogens is 278 g/mol. The molecule has 2 aromatic carbocycles. The summed E-state index contributed by atoms with van der Waals surface area (Å²) in [7, 11) is 0. The van der Waals surface area contributed by atoms with E-state index in [0.717, 1.165) is 11.1 Å². The zero-order valence-electron chi connectivity index (χ0n) is 12.4. The highest BCUT2D eigenvalue weighted by molar-refractivity contribution is 5.73. The van der Waals surface area contributed by atoms with Gasteiger partial charge in [0.25, 0.3) is 0 Å². The van der Waals surface area contributed by atoms with E-state index in [9.17, 15) is 4.79 Å². The number of hydrogen-bond acceptors (Lipinski definition) is 4. The molecule has 0 aliphatic heterocycles. The van der Waals surface area contributed by atoms with Gasteiger partial charge in [0.15, 0.2) is 0 Å². The van der Waals surface area contributed by atoms with Crippen LogP contribution in [0, 0.1) is 11.3 Å². The van der Waals surface area contributed by atoms with E-state index in [1.54, 1.807) is 24.3 Å². The topological polar surface area (TPSA) is 59.3 Å². The SMILES string of the molecule is CCOCCC(=O)Oc1ccc(-c2ccc(C#N)cc2)cc1. The number of benzene rings is 2. The summed E-state index contributed by atoms with van der Waals surface area (Å²) >= 11 is 0. The van der Waals surface area contributed by atoms with Crippen molar-refractivity contribution in [2.75, 3.05) is 13.2 Å². The quantitative estimate of drug-likeness (QED) is 0.464. The number of carbonyl (C=O) groups excluding carboxylic acids is 1. The fraction of sp³-hybridized carbons (Fsp3) is 0.222. The average Bonchev–Trinajstić information content (AvgIpc) is 2.56. The molecule has 0 aliphatic carbocycles. The van der Waals surface area contributed by atoms with Crippen LogP contribution in [0.15, 0.2) is 48.5 Å². The zero-order chi connectivity index (χ0) is 15.8. The van der Waals surface area contributed by atoms with Crippen LogP contribution in [0.3, 0.4) is 0 Å². The second-order valence-electron chi connectivity index (χ2n) is 4.63. The Balaban J connectivity index is 1.97. The van der Waals surface area contributed by atoms with E-state index in [2.05, 4.69) is 6.07 Å². The molecule has 0 radical (unpaired) electrons. The number of ether oxygens (including phenoxy) is 2. The van der Waals surface area contributed by atoms with Gasteiger partial charge in [0.2, 0.25) is 0 Å². The molecule has 4 nitrogen and oxygen atoms in total. The molecule has 0 spiro atoms. The molecule has 0 saturated heterocycles. The number of esters is 1. The first-order valence-corrected chi connectivity index (χ1v) is 7.12. The molecule has 0 bridgehead atoms. The summed E-state index contributed by atoms with van der Waals surface area (Å²) in [5, 5.41) is 8.79. The third kappa shape index (κ3) is 4.44. The lowest BCUT2D eigenvalue weighted by atomic mass is 10.0. The maximum absolute atomic E-state index is 11.6. The number of hydrogen-bond donors (Lipinski definition) is 0. The van der Waals surface area contributed by atoms with Crippen molar-refractivity contribution in [3.8, 4) is 22.9 Å². The Bertz CT molecular complexity index is 654. The lowest BCUT2D eigenvalue weighted by molar-refractivity contribution is -0.135. The molecule has 2 aromatic rings. The van der Waals surface area contributed by atoms with Crippen LogP contribution in [0.4, 0.5) is 0 Å². The normalized spacial score (nSPS) is 10.0. The molecule has 22 heavy (non-hydrogen) atoms. The second kappa shape index (κ2) is 7.96. The van der Waals surface area contributed by atoms with Gasteiger partial charge in [-0.15, -0.1) is 0 Å². The van der Waals surface area contributed by atoms with Crippen molar-refractivity contribution in [1.82, 2.24) is 0 Å². The largest absolute Gasteiger partial charge is 0.426 e. The minimum atomic E-state index is -0.306. The minimum Gasteiger partial charge on any atom is -0.426 e. The number of nitrogens with zero attached hydrogens (tertiary/aromatic N) is 1. The minimum absolute atomic E-state index is 0.241.